The van der Waals surface area contributed by atoms with E-state index in [4.69, 9.17) is 4.74 Å². The van der Waals surface area contributed by atoms with Crippen molar-refractivity contribution in [3.05, 3.63) is 101 Å². The molecule has 1 aliphatic rings. The predicted molar refractivity (Wildman–Crippen MR) is 123 cm³/mol. The van der Waals surface area contributed by atoms with Gasteiger partial charge < -0.3 is 4.74 Å². The molecule has 5 nitrogen and oxygen atoms in total. The molecule has 6 heteroatoms. The fraction of sp³-hybridized carbons (Fsp3) is 0.231. The topological polar surface area (TPSA) is 45.1 Å². The highest BCUT2D eigenvalue weighted by molar-refractivity contribution is 6.03. The van der Waals surface area contributed by atoms with Gasteiger partial charge in [0.1, 0.15) is 11.6 Å². The first-order chi connectivity index (χ1) is 15.5. The third-order valence-electron chi connectivity index (χ3n) is 5.52. The molecule has 0 saturated carbocycles. The van der Waals surface area contributed by atoms with Gasteiger partial charge in [0.2, 0.25) is 0 Å². The third kappa shape index (κ3) is 5.03. The number of nitrogens with zero attached hydrogens (tertiary/aromatic N) is 3. The van der Waals surface area contributed by atoms with Gasteiger partial charge in [-0.1, -0.05) is 42.5 Å². The summed E-state index contributed by atoms with van der Waals surface area (Å²) in [5.74, 6) is 0.305. The van der Waals surface area contributed by atoms with Gasteiger partial charge in [0, 0.05) is 13.0 Å². The Morgan fingerprint density at radius 2 is 1.84 bits per heavy atom. The maximum absolute atomic E-state index is 13.9. The summed E-state index contributed by atoms with van der Waals surface area (Å²) in [6.45, 7) is 0.861. The largest absolute Gasteiger partial charge is 0.497 e. The highest BCUT2D eigenvalue weighted by Gasteiger charge is 2.33. The summed E-state index contributed by atoms with van der Waals surface area (Å²) in [6, 6.07) is 23.6. The molecule has 1 heterocycles. The number of carbonyl (C=O) groups excluding carboxylic acids is 1. The summed E-state index contributed by atoms with van der Waals surface area (Å²) in [7, 11) is 3.53. The standard InChI is InChI=1S/C26H26FN3O2/c1-29(17-19-7-4-3-5-8-19)18-26(31)30-25(21-9-6-10-22(27)15-21)16-24(28-30)20-11-13-23(32-2)14-12-20/h3-15,25H,16-18H2,1-2H3/t25-/m0/s1. The molecular formula is C26H26FN3O2. The van der Waals surface area contributed by atoms with E-state index in [1.54, 1.807) is 13.2 Å². The van der Waals surface area contributed by atoms with Crippen LogP contribution in [0.5, 0.6) is 5.75 Å². The molecule has 0 bridgehead atoms. The van der Waals surface area contributed by atoms with Crippen molar-refractivity contribution < 1.29 is 13.9 Å². The Labute approximate surface area is 187 Å². The summed E-state index contributed by atoms with van der Waals surface area (Å²) in [5.41, 5.74) is 3.57. The fourth-order valence-electron chi connectivity index (χ4n) is 3.93. The van der Waals surface area contributed by atoms with Crippen LogP contribution in [0.15, 0.2) is 84.0 Å². The van der Waals surface area contributed by atoms with Crippen LogP contribution in [0.1, 0.15) is 29.2 Å². The molecule has 1 atom stereocenters. The van der Waals surface area contributed by atoms with Crippen LogP contribution in [-0.2, 0) is 11.3 Å². The molecule has 4 rings (SSSR count). The van der Waals surface area contributed by atoms with Gasteiger partial charge in [-0.2, -0.15) is 5.10 Å². The Balaban J connectivity index is 1.56. The van der Waals surface area contributed by atoms with Gasteiger partial charge in [0.15, 0.2) is 0 Å². The van der Waals surface area contributed by atoms with Crippen LogP contribution in [0.4, 0.5) is 4.39 Å². The van der Waals surface area contributed by atoms with Gasteiger partial charge in [-0.05, 0) is 60.1 Å². The quantitative estimate of drug-likeness (QED) is 0.547. The molecular weight excluding hydrogens is 405 g/mol. The first-order valence-corrected chi connectivity index (χ1v) is 10.6. The number of amides is 1. The smallest absolute Gasteiger partial charge is 0.257 e. The molecule has 0 spiro atoms. The van der Waals surface area contributed by atoms with Crippen molar-refractivity contribution in [3.8, 4) is 5.75 Å². The predicted octanol–water partition coefficient (Wildman–Crippen LogP) is 4.64. The second-order valence-corrected chi connectivity index (χ2v) is 7.95. The van der Waals surface area contributed by atoms with E-state index >= 15 is 0 Å². The molecule has 0 unspecified atom stereocenters. The van der Waals surface area contributed by atoms with Gasteiger partial charge in [-0.25, -0.2) is 9.40 Å². The van der Waals surface area contributed by atoms with Crippen molar-refractivity contribution in [3.63, 3.8) is 0 Å². The minimum absolute atomic E-state index is 0.124. The summed E-state index contributed by atoms with van der Waals surface area (Å²) >= 11 is 0. The van der Waals surface area contributed by atoms with Gasteiger partial charge in [0.25, 0.3) is 5.91 Å². The molecule has 1 aliphatic heterocycles. The SMILES string of the molecule is COc1ccc(C2=NN(C(=O)CN(C)Cc3ccccc3)[C@H](c3cccc(F)c3)C2)cc1. The number of likely N-dealkylation sites (N-methyl/N-ethyl adjacent to an activating group) is 1. The Kier molecular flexibility index (Phi) is 6.61. The number of carbonyl (C=O) groups is 1. The number of hydrogen-bond acceptors (Lipinski definition) is 4. The first-order valence-electron chi connectivity index (χ1n) is 10.6. The lowest BCUT2D eigenvalue weighted by Crippen LogP contribution is -2.36. The lowest BCUT2D eigenvalue weighted by Gasteiger charge is -2.25. The van der Waals surface area contributed by atoms with Gasteiger partial charge in [0.05, 0.1) is 25.4 Å². The fourth-order valence-corrected chi connectivity index (χ4v) is 3.93. The zero-order valence-corrected chi connectivity index (χ0v) is 18.2. The first kappa shape index (κ1) is 21.7. The van der Waals surface area contributed by atoms with E-state index in [2.05, 4.69) is 5.10 Å². The van der Waals surface area contributed by atoms with Crippen molar-refractivity contribution in [2.24, 2.45) is 5.10 Å². The number of methoxy groups -OCH3 is 1. The normalized spacial score (nSPS) is 15.7. The Hall–Kier alpha value is -3.51. The van der Waals surface area contributed by atoms with E-state index in [-0.39, 0.29) is 24.3 Å². The molecule has 0 aliphatic carbocycles. The van der Waals surface area contributed by atoms with E-state index < -0.39 is 0 Å². The average Bonchev–Trinajstić information content (AvgIpc) is 3.25. The van der Waals surface area contributed by atoms with Crippen LogP contribution in [0, 0.1) is 5.82 Å². The van der Waals surface area contributed by atoms with E-state index in [0.29, 0.717) is 13.0 Å². The van der Waals surface area contributed by atoms with E-state index in [1.807, 2.05) is 72.6 Å². The molecule has 164 valence electrons. The monoisotopic (exact) mass is 431 g/mol. The van der Waals surface area contributed by atoms with Crippen LogP contribution in [-0.4, -0.2) is 42.2 Å². The van der Waals surface area contributed by atoms with Gasteiger partial charge in [-0.15, -0.1) is 0 Å². The molecule has 32 heavy (non-hydrogen) atoms. The van der Waals surface area contributed by atoms with Crippen LogP contribution in [0.3, 0.4) is 0 Å². The van der Waals surface area contributed by atoms with Crippen LogP contribution in [0.25, 0.3) is 0 Å². The van der Waals surface area contributed by atoms with Crippen molar-refractivity contribution in [1.82, 2.24) is 9.91 Å². The summed E-state index contributed by atoms with van der Waals surface area (Å²) in [5, 5.41) is 6.18. The summed E-state index contributed by atoms with van der Waals surface area (Å²) in [4.78, 5) is 15.2. The van der Waals surface area contributed by atoms with E-state index in [0.717, 1.165) is 28.2 Å². The zero-order chi connectivity index (χ0) is 22.5. The van der Waals surface area contributed by atoms with E-state index in [9.17, 15) is 9.18 Å². The lowest BCUT2D eigenvalue weighted by molar-refractivity contribution is -0.134. The molecule has 0 aromatic heterocycles. The molecule has 0 N–H and O–H groups in total. The molecule has 1 amide bonds. The maximum Gasteiger partial charge on any atom is 0.257 e. The van der Waals surface area contributed by atoms with Crippen LogP contribution >= 0.6 is 0 Å². The third-order valence-corrected chi connectivity index (χ3v) is 5.52. The summed E-state index contributed by atoms with van der Waals surface area (Å²) < 4.78 is 19.2. The van der Waals surface area contributed by atoms with E-state index in [1.165, 1.54) is 17.1 Å². The molecule has 3 aromatic rings. The second kappa shape index (κ2) is 9.75. The molecule has 0 fully saturated rings. The molecule has 0 radical (unpaired) electrons. The van der Waals surface area contributed by atoms with Crippen molar-refractivity contribution in [1.29, 1.82) is 0 Å². The lowest BCUT2D eigenvalue weighted by atomic mass is 9.98. The average molecular weight is 432 g/mol. The second-order valence-electron chi connectivity index (χ2n) is 7.95. The number of halogens is 1. The number of hydrogen-bond donors (Lipinski definition) is 0. The number of ether oxygens (including phenoxy) is 1. The maximum atomic E-state index is 13.9. The zero-order valence-electron chi connectivity index (χ0n) is 18.2. The minimum atomic E-state index is -0.347. The Bertz CT molecular complexity index is 1100. The van der Waals surface area contributed by atoms with Gasteiger partial charge in [-0.3, -0.25) is 9.69 Å². The minimum Gasteiger partial charge on any atom is -0.497 e. The number of rotatable bonds is 7. The molecule has 3 aromatic carbocycles. The van der Waals surface area contributed by atoms with Crippen LogP contribution in [0.2, 0.25) is 0 Å². The van der Waals surface area contributed by atoms with Crippen LogP contribution < -0.4 is 4.74 Å². The Morgan fingerprint density at radius 3 is 2.53 bits per heavy atom. The van der Waals surface area contributed by atoms with Crippen molar-refractivity contribution in [2.75, 3.05) is 20.7 Å². The highest BCUT2D eigenvalue weighted by Crippen LogP contribution is 2.33. The number of hydrazone groups is 1. The van der Waals surface area contributed by atoms with Crippen molar-refractivity contribution >= 4 is 11.6 Å². The molecule has 0 saturated heterocycles. The summed E-state index contributed by atoms with van der Waals surface area (Å²) in [6.07, 6.45) is 0.518. The van der Waals surface area contributed by atoms with Gasteiger partial charge >= 0.3 is 0 Å². The van der Waals surface area contributed by atoms with Crippen molar-refractivity contribution in [2.45, 2.75) is 19.0 Å². The highest BCUT2D eigenvalue weighted by atomic mass is 19.1. The Morgan fingerprint density at radius 1 is 1.09 bits per heavy atom. The number of benzene rings is 3.